The van der Waals surface area contributed by atoms with Crippen LogP contribution in [0.4, 0.5) is 8.78 Å². The molecule has 1 aromatic carbocycles. The van der Waals surface area contributed by atoms with E-state index in [1.54, 1.807) is 0 Å². The van der Waals surface area contributed by atoms with Crippen molar-refractivity contribution in [3.8, 4) is 0 Å². The van der Waals surface area contributed by atoms with Crippen molar-refractivity contribution in [3.05, 3.63) is 28.8 Å². The molecule has 1 rings (SSSR count). The minimum atomic E-state index is -2.78. The highest BCUT2D eigenvalue weighted by molar-refractivity contribution is 7.79. The molecule has 6 heteroatoms. The van der Waals surface area contributed by atoms with E-state index in [1.807, 2.05) is 0 Å². The van der Waals surface area contributed by atoms with Crippen LogP contribution in [0.1, 0.15) is 0 Å². The van der Waals surface area contributed by atoms with E-state index in [9.17, 15) is 17.5 Å². The lowest BCUT2D eigenvalue weighted by Gasteiger charge is -2.06. The summed E-state index contributed by atoms with van der Waals surface area (Å²) in [5, 5.41) is -0.443. The molecule has 0 aliphatic rings. The Balaban J connectivity index is 3.33. The Morgan fingerprint density at radius 2 is 1.92 bits per heavy atom. The van der Waals surface area contributed by atoms with E-state index in [4.69, 9.17) is 11.6 Å². The van der Waals surface area contributed by atoms with E-state index < -0.39 is 32.6 Å². The normalized spacial score (nSPS) is 13.0. The highest BCUT2D eigenvalue weighted by Crippen LogP contribution is 2.20. The van der Waals surface area contributed by atoms with Crippen molar-refractivity contribution in [2.45, 2.75) is 4.90 Å². The van der Waals surface area contributed by atoms with Gasteiger partial charge >= 0.3 is 0 Å². The Morgan fingerprint density at radius 1 is 1.33 bits per heavy atom. The first kappa shape index (κ1) is 9.57. The van der Waals surface area contributed by atoms with E-state index in [0.717, 1.165) is 0 Å². The van der Waals surface area contributed by atoms with Gasteiger partial charge in [-0.05, 0) is 23.2 Å². The number of halogens is 3. The van der Waals surface area contributed by atoms with E-state index in [1.165, 1.54) is 0 Å². The Morgan fingerprint density at radius 3 is 2.42 bits per heavy atom. The van der Waals surface area contributed by atoms with E-state index in [0.29, 0.717) is 12.1 Å². The number of hydrogen-bond acceptors (Lipinski definition) is 2. The predicted octanol–water partition coefficient (Wildman–Crippen LogP) is 1.86. The third-order valence-electron chi connectivity index (χ3n) is 1.15. The highest BCUT2D eigenvalue weighted by atomic mass is 35.5. The van der Waals surface area contributed by atoms with E-state index in [-0.39, 0.29) is 0 Å². The van der Waals surface area contributed by atoms with Gasteiger partial charge in [0.1, 0.15) is 11.6 Å². The summed E-state index contributed by atoms with van der Waals surface area (Å²) >= 11 is 2.39. The summed E-state index contributed by atoms with van der Waals surface area (Å²) in [7, 11) is 0. The highest BCUT2D eigenvalue weighted by Gasteiger charge is 2.08. The molecule has 0 radical (unpaired) electrons. The fraction of sp³-hybridized carbons (Fsp3) is 0. The van der Waals surface area contributed by atoms with Crippen molar-refractivity contribution in [2.24, 2.45) is 0 Å². The quantitative estimate of drug-likeness (QED) is 0.526. The number of rotatable bonds is 1. The SMILES string of the molecule is O=S([O-])c1cc(F)c(Cl)cc1F. The summed E-state index contributed by atoms with van der Waals surface area (Å²) < 4.78 is 45.7. The van der Waals surface area contributed by atoms with Crippen LogP contribution < -0.4 is 0 Å². The van der Waals surface area contributed by atoms with Crippen molar-refractivity contribution >= 4 is 22.7 Å². The Bertz CT molecular complexity index is 343. The number of benzene rings is 1. The molecule has 0 aliphatic carbocycles. The minimum absolute atomic E-state index is 0.443. The van der Waals surface area contributed by atoms with Gasteiger partial charge in [-0.2, -0.15) is 0 Å². The van der Waals surface area contributed by atoms with Gasteiger partial charge in [-0.1, -0.05) is 11.6 Å². The number of hydrogen-bond donors (Lipinski definition) is 0. The largest absolute Gasteiger partial charge is 0.768 e. The lowest BCUT2D eigenvalue weighted by molar-refractivity contribution is 0.518. The van der Waals surface area contributed by atoms with Crippen LogP contribution in [0.3, 0.4) is 0 Å². The first-order chi connectivity index (χ1) is 5.52. The lowest BCUT2D eigenvalue weighted by Crippen LogP contribution is -1.95. The van der Waals surface area contributed by atoms with Crippen LogP contribution in [0.15, 0.2) is 17.0 Å². The van der Waals surface area contributed by atoms with Crippen molar-refractivity contribution in [3.63, 3.8) is 0 Å². The third kappa shape index (κ3) is 1.80. The average molecular weight is 212 g/mol. The summed E-state index contributed by atoms with van der Waals surface area (Å²) in [5.41, 5.74) is 0. The van der Waals surface area contributed by atoms with Crippen molar-refractivity contribution in [1.29, 1.82) is 0 Å². The predicted molar refractivity (Wildman–Crippen MR) is 38.6 cm³/mol. The molecule has 0 aromatic heterocycles. The molecule has 0 bridgehead atoms. The monoisotopic (exact) mass is 211 g/mol. The fourth-order valence-electron chi connectivity index (χ4n) is 0.632. The Hall–Kier alpha value is -0.520. The molecule has 1 atom stereocenters. The molecule has 0 spiro atoms. The molecule has 66 valence electrons. The first-order valence-corrected chi connectivity index (χ1v) is 4.21. The van der Waals surface area contributed by atoms with Crippen molar-refractivity contribution < 1.29 is 17.5 Å². The van der Waals surface area contributed by atoms with E-state index >= 15 is 0 Å². The summed E-state index contributed by atoms with van der Waals surface area (Å²) in [6, 6.07) is 1.14. The molecule has 0 aliphatic heterocycles. The van der Waals surface area contributed by atoms with Gasteiger partial charge < -0.3 is 4.55 Å². The van der Waals surface area contributed by atoms with Crippen LogP contribution in [-0.4, -0.2) is 8.76 Å². The third-order valence-corrected chi connectivity index (χ3v) is 2.12. The second-order valence-corrected chi connectivity index (χ2v) is 3.25. The lowest BCUT2D eigenvalue weighted by atomic mass is 10.3. The Labute approximate surface area is 74.4 Å². The smallest absolute Gasteiger partial charge is 0.143 e. The van der Waals surface area contributed by atoms with Crippen LogP contribution in [0, 0.1) is 11.6 Å². The van der Waals surface area contributed by atoms with Gasteiger partial charge in [0.2, 0.25) is 0 Å². The van der Waals surface area contributed by atoms with Crippen LogP contribution in [-0.2, 0) is 11.1 Å². The second-order valence-electron chi connectivity index (χ2n) is 1.93. The maximum absolute atomic E-state index is 12.6. The maximum Gasteiger partial charge on any atom is 0.143 e. The van der Waals surface area contributed by atoms with Crippen molar-refractivity contribution in [2.75, 3.05) is 0 Å². The molecule has 2 nitrogen and oxygen atoms in total. The van der Waals surface area contributed by atoms with Gasteiger partial charge in [0, 0.05) is 0 Å². The van der Waals surface area contributed by atoms with Gasteiger partial charge in [-0.25, -0.2) is 8.78 Å². The average Bonchev–Trinajstić information content (AvgIpc) is 1.96. The topological polar surface area (TPSA) is 40.1 Å². The zero-order chi connectivity index (χ0) is 9.30. The van der Waals surface area contributed by atoms with Crippen LogP contribution in [0.5, 0.6) is 0 Å². The van der Waals surface area contributed by atoms with Gasteiger partial charge in [0.25, 0.3) is 0 Å². The summed E-state index contributed by atoms with van der Waals surface area (Å²) in [5.74, 6) is -2.02. The van der Waals surface area contributed by atoms with Gasteiger partial charge in [-0.3, -0.25) is 4.21 Å². The van der Waals surface area contributed by atoms with E-state index in [2.05, 4.69) is 0 Å². The molecule has 0 fully saturated rings. The molecule has 12 heavy (non-hydrogen) atoms. The fourth-order valence-corrected chi connectivity index (χ4v) is 1.20. The van der Waals surface area contributed by atoms with Crippen LogP contribution >= 0.6 is 11.6 Å². The summed E-state index contributed by atoms with van der Waals surface area (Å²) in [6.45, 7) is 0. The van der Waals surface area contributed by atoms with Gasteiger partial charge in [0.15, 0.2) is 0 Å². The van der Waals surface area contributed by atoms with Gasteiger partial charge in [-0.15, -0.1) is 0 Å². The zero-order valence-corrected chi connectivity index (χ0v) is 7.09. The second kappa shape index (κ2) is 3.47. The molecular weight excluding hydrogens is 210 g/mol. The molecule has 0 saturated carbocycles. The molecule has 0 heterocycles. The minimum Gasteiger partial charge on any atom is -0.768 e. The molecular formula is C6H2ClF2O2S-. The zero-order valence-electron chi connectivity index (χ0n) is 5.51. The molecule has 0 saturated heterocycles. The van der Waals surface area contributed by atoms with Gasteiger partial charge in [0.05, 0.1) is 9.92 Å². The van der Waals surface area contributed by atoms with Crippen LogP contribution in [0.2, 0.25) is 5.02 Å². The maximum atomic E-state index is 12.6. The molecule has 1 unspecified atom stereocenters. The standard InChI is InChI=1S/C6H3ClF2O2S/c7-3-1-5(9)6(12(10)11)2-4(3)8/h1-2H,(H,10,11)/p-1. The summed E-state index contributed by atoms with van der Waals surface area (Å²) in [6.07, 6.45) is 0. The Kier molecular flexibility index (Phi) is 2.76. The summed E-state index contributed by atoms with van der Waals surface area (Å²) in [4.78, 5) is -0.725. The first-order valence-electron chi connectivity index (χ1n) is 2.76. The molecule has 0 N–H and O–H groups in total. The van der Waals surface area contributed by atoms with Crippen molar-refractivity contribution in [1.82, 2.24) is 0 Å². The molecule has 1 aromatic rings. The van der Waals surface area contributed by atoms with Crippen LogP contribution in [0.25, 0.3) is 0 Å². The molecule has 0 amide bonds.